The summed E-state index contributed by atoms with van der Waals surface area (Å²) < 4.78 is 0. The lowest BCUT2D eigenvalue weighted by atomic mass is 10.1. The fourth-order valence-corrected chi connectivity index (χ4v) is 1.74. The predicted molar refractivity (Wildman–Crippen MR) is 74.5 cm³/mol. The average molecular weight is 265 g/mol. The van der Waals surface area contributed by atoms with Crippen molar-refractivity contribution in [2.24, 2.45) is 0 Å². The minimum atomic E-state index is -1.08. The minimum Gasteiger partial charge on any atom is -0.478 e. The Bertz CT molecular complexity index is 500. The van der Waals surface area contributed by atoms with Crippen LogP contribution in [0, 0.1) is 6.92 Å². The molecule has 1 rings (SSSR count). The normalized spacial score (nSPS) is 10.1. The molecule has 0 heterocycles. The number of nitrogens with two attached hydrogens (primary N) is 1. The van der Waals surface area contributed by atoms with Gasteiger partial charge >= 0.3 is 5.97 Å². The number of nitrogen functional groups attached to an aromatic ring is 1. The van der Waals surface area contributed by atoms with Crippen LogP contribution in [0.1, 0.15) is 22.8 Å². The number of carboxylic acid groups (broad SMARTS) is 1. The number of aromatic carboxylic acids is 1. The third-order valence-corrected chi connectivity index (χ3v) is 2.80. The summed E-state index contributed by atoms with van der Waals surface area (Å²) in [5, 5.41) is 11.8. The van der Waals surface area contributed by atoms with E-state index >= 15 is 0 Å². The van der Waals surface area contributed by atoms with Gasteiger partial charge in [0.05, 0.1) is 12.1 Å². The van der Waals surface area contributed by atoms with Crippen LogP contribution in [0.4, 0.5) is 11.4 Å². The molecule has 19 heavy (non-hydrogen) atoms. The van der Waals surface area contributed by atoms with Crippen molar-refractivity contribution in [2.45, 2.75) is 13.8 Å². The lowest BCUT2D eigenvalue weighted by Gasteiger charge is -2.20. The van der Waals surface area contributed by atoms with Crippen molar-refractivity contribution in [1.29, 1.82) is 0 Å². The molecule has 0 saturated carbocycles. The number of benzene rings is 1. The number of nitrogens with one attached hydrogen (secondary N) is 1. The SMILES string of the molecule is CCNC(=O)CN(C)c1cc(C)c(N)c(C(=O)O)c1. The minimum absolute atomic E-state index is 0.0535. The highest BCUT2D eigenvalue weighted by molar-refractivity contribution is 5.96. The van der Waals surface area contributed by atoms with Gasteiger partial charge in [-0.25, -0.2) is 4.79 Å². The van der Waals surface area contributed by atoms with Crippen LogP contribution in [-0.2, 0) is 4.79 Å². The van der Waals surface area contributed by atoms with Gasteiger partial charge < -0.3 is 21.1 Å². The molecule has 0 fully saturated rings. The van der Waals surface area contributed by atoms with Gasteiger partial charge in [0.25, 0.3) is 0 Å². The number of nitrogens with zero attached hydrogens (tertiary/aromatic N) is 1. The maximum Gasteiger partial charge on any atom is 0.337 e. The van der Waals surface area contributed by atoms with Crippen LogP contribution in [-0.4, -0.2) is 37.1 Å². The van der Waals surface area contributed by atoms with Gasteiger partial charge in [-0.3, -0.25) is 4.79 Å². The number of hydrogen-bond acceptors (Lipinski definition) is 4. The first kappa shape index (κ1) is 14.8. The van der Waals surface area contributed by atoms with Crippen molar-refractivity contribution in [2.75, 3.05) is 30.8 Å². The van der Waals surface area contributed by atoms with E-state index in [4.69, 9.17) is 10.8 Å². The first-order chi connectivity index (χ1) is 8.86. The molecule has 1 aromatic rings. The Morgan fingerprint density at radius 3 is 2.58 bits per heavy atom. The van der Waals surface area contributed by atoms with Crippen molar-refractivity contribution in [1.82, 2.24) is 5.32 Å². The molecule has 1 amide bonds. The van der Waals surface area contributed by atoms with E-state index in [0.717, 1.165) is 0 Å². The van der Waals surface area contributed by atoms with E-state index in [0.29, 0.717) is 17.8 Å². The Morgan fingerprint density at radius 1 is 1.42 bits per heavy atom. The number of carboxylic acids is 1. The zero-order chi connectivity index (χ0) is 14.6. The summed E-state index contributed by atoms with van der Waals surface area (Å²) in [6.07, 6.45) is 0. The second-order valence-corrected chi connectivity index (χ2v) is 4.34. The fourth-order valence-electron chi connectivity index (χ4n) is 1.74. The third-order valence-electron chi connectivity index (χ3n) is 2.80. The molecule has 0 aliphatic rings. The molecule has 6 nitrogen and oxygen atoms in total. The lowest BCUT2D eigenvalue weighted by Crippen LogP contribution is -2.35. The number of rotatable bonds is 5. The van der Waals surface area contributed by atoms with E-state index in [1.807, 2.05) is 6.92 Å². The molecule has 6 heteroatoms. The van der Waals surface area contributed by atoms with Crippen LogP contribution in [0.25, 0.3) is 0 Å². The second kappa shape index (κ2) is 6.08. The van der Waals surface area contributed by atoms with Gasteiger partial charge in [0.2, 0.25) is 5.91 Å². The molecular formula is C13H19N3O3. The van der Waals surface area contributed by atoms with Crippen molar-refractivity contribution in [3.63, 3.8) is 0 Å². The second-order valence-electron chi connectivity index (χ2n) is 4.34. The van der Waals surface area contributed by atoms with Gasteiger partial charge in [-0.05, 0) is 31.5 Å². The van der Waals surface area contributed by atoms with Crippen LogP contribution in [0.5, 0.6) is 0 Å². The summed E-state index contributed by atoms with van der Waals surface area (Å²) in [6, 6.07) is 3.24. The van der Waals surface area contributed by atoms with Crippen LogP contribution >= 0.6 is 0 Å². The fraction of sp³-hybridized carbons (Fsp3) is 0.385. The standard InChI is InChI=1S/C13H19N3O3/c1-4-15-11(17)7-16(3)9-5-8(2)12(14)10(6-9)13(18)19/h5-6H,4,7,14H2,1-3H3,(H,15,17)(H,18,19). The number of anilines is 2. The molecule has 0 unspecified atom stereocenters. The summed E-state index contributed by atoms with van der Waals surface area (Å²) >= 11 is 0. The largest absolute Gasteiger partial charge is 0.478 e. The Labute approximate surface area is 112 Å². The van der Waals surface area contributed by atoms with E-state index < -0.39 is 5.97 Å². The molecule has 0 spiro atoms. The number of likely N-dealkylation sites (N-methyl/N-ethyl adjacent to an activating group) is 2. The van der Waals surface area contributed by atoms with Crippen molar-refractivity contribution in [3.05, 3.63) is 23.3 Å². The van der Waals surface area contributed by atoms with Gasteiger partial charge in [0.1, 0.15) is 0 Å². The number of carbonyl (C=O) groups excluding carboxylic acids is 1. The molecular weight excluding hydrogens is 246 g/mol. The molecule has 0 aromatic heterocycles. The highest BCUT2D eigenvalue weighted by Crippen LogP contribution is 2.24. The number of amides is 1. The summed E-state index contributed by atoms with van der Waals surface area (Å²) in [5.41, 5.74) is 7.36. The Hall–Kier alpha value is -2.24. The van der Waals surface area contributed by atoms with Gasteiger partial charge in [0.15, 0.2) is 0 Å². The van der Waals surface area contributed by atoms with Crippen molar-refractivity contribution < 1.29 is 14.7 Å². The summed E-state index contributed by atoms with van der Waals surface area (Å²) in [7, 11) is 1.73. The molecule has 0 atom stereocenters. The highest BCUT2D eigenvalue weighted by atomic mass is 16.4. The molecule has 104 valence electrons. The molecule has 0 aliphatic carbocycles. The summed E-state index contributed by atoms with van der Waals surface area (Å²) in [5.74, 6) is -1.19. The molecule has 1 aromatic carbocycles. The van der Waals surface area contributed by atoms with E-state index in [1.54, 1.807) is 24.9 Å². The predicted octanol–water partition coefficient (Wildman–Crippen LogP) is 0.848. The van der Waals surface area contributed by atoms with Crippen LogP contribution in [0.2, 0.25) is 0 Å². The first-order valence-electron chi connectivity index (χ1n) is 5.98. The van der Waals surface area contributed by atoms with Crippen molar-refractivity contribution >= 4 is 23.3 Å². The van der Waals surface area contributed by atoms with E-state index in [1.165, 1.54) is 6.07 Å². The highest BCUT2D eigenvalue weighted by Gasteiger charge is 2.14. The smallest absolute Gasteiger partial charge is 0.337 e. The molecule has 0 bridgehead atoms. The summed E-state index contributed by atoms with van der Waals surface area (Å²) in [6.45, 7) is 4.31. The quantitative estimate of drug-likeness (QED) is 0.686. The first-order valence-corrected chi connectivity index (χ1v) is 5.98. The molecule has 0 radical (unpaired) electrons. The monoisotopic (exact) mass is 265 g/mol. The maximum atomic E-state index is 11.5. The lowest BCUT2D eigenvalue weighted by molar-refractivity contribution is -0.119. The Kier molecular flexibility index (Phi) is 4.74. The topological polar surface area (TPSA) is 95.7 Å². The van der Waals surface area contributed by atoms with Crippen LogP contribution in [0.15, 0.2) is 12.1 Å². The maximum absolute atomic E-state index is 11.5. The van der Waals surface area contributed by atoms with Gasteiger partial charge in [0, 0.05) is 25.0 Å². The number of hydrogen-bond donors (Lipinski definition) is 3. The van der Waals surface area contributed by atoms with Gasteiger partial charge in [-0.2, -0.15) is 0 Å². The molecule has 0 aliphatic heterocycles. The molecule has 4 N–H and O–H groups in total. The Balaban J connectivity index is 3.01. The van der Waals surface area contributed by atoms with E-state index in [9.17, 15) is 9.59 Å². The average Bonchev–Trinajstić information content (AvgIpc) is 2.32. The zero-order valence-corrected chi connectivity index (χ0v) is 11.4. The zero-order valence-electron chi connectivity index (χ0n) is 11.4. The van der Waals surface area contributed by atoms with Gasteiger partial charge in [-0.1, -0.05) is 0 Å². The van der Waals surface area contributed by atoms with Gasteiger partial charge in [-0.15, -0.1) is 0 Å². The molecule has 0 saturated heterocycles. The Morgan fingerprint density at radius 2 is 2.05 bits per heavy atom. The summed E-state index contributed by atoms with van der Waals surface area (Å²) in [4.78, 5) is 24.3. The van der Waals surface area contributed by atoms with E-state index in [-0.39, 0.29) is 23.7 Å². The van der Waals surface area contributed by atoms with Crippen LogP contribution < -0.4 is 16.0 Å². The number of carbonyl (C=O) groups is 2. The number of aryl methyl sites for hydroxylation is 1. The van der Waals surface area contributed by atoms with E-state index in [2.05, 4.69) is 5.32 Å². The third kappa shape index (κ3) is 3.61. The van der Waals surface area contributed by atoms with Crippen LogP contribution in [0.3, 0.4) is 0 Å². The van der Waals surface area contributed by atoms with Crippen molar-refractivity contribution in [3.8, 4) is 0 Å².